The Hall–Kier alpha value is -1.32. The lowest BCUT2D eigenvalue weighted by Gasteiger charge is -2.34. The quantitative estimate of drug-likeness (QED) is 0.806. The minimum absolute atomic E-state index is 0.575. The number of hydrogen-bond acceptors (Lipinski definition) is 4. The van der Waals surface area contributed by atoms with Gasteiger partial charge in [-0.05, 0) is 30.7 Å². The Kier molecular flexibility index (Phi) is 3.82. The number of anilines is 1. The molecule has 0 spiro atoms. The van der Waals surface area contributed by atoms with Gasteiger partial charge in [0.15, 0.2) is 5.82 Å². The first-order valence-corrected chi connectivity index (χ1v) is 6.33. The zero-order valence-electron chi connectivity index (χ0n) is 10.9. The minimum Gasteiger partial charge on any atom is -0.480 e. The molecule has 1 aromatic heterocycles. The van der Waals surface area contributed by atoms with Crippen molar-refractivity contribution in [3.8, 4) is 5.88 Å². The molecule has 0 saturated carbocycles. The number of aromatic nitrogens is 2. The van der Waals surface area contributed by atoms with Gasteiger partial charge in [-0.15, -0.1) is 10.2 Å². The molecule has 0 bridgehead atoms. The molecule has 0 N–H and O–H groups in total. The van der Waals surface area contributed by atoms with Crippen molar-refractivity contribution in [2.45, 2.75) is 26.7 Å². The molecular formula is C13H21N3O. The van der Waals surface area contributed by atoms with E-state index in [-0.39, 0.29) is 0 Å². The summed E-state index contributed by atoms with van der Waals surface area (Å²) in [4.78, 5) is 2.31. The van der Waals surface area contributed by atoms with Crippen LogP contribution < -0.4 is 9.64 Å². The molecule has 17 heavy (non-hydrogen) atoms. The molecule has 0 aromatic carbocycles. The van der Waals surface area contributed by atoms with Crippen molar-refractivity contribution < 1.29 is 4.74 Å². The Bertz CT molecular complexity index is 342. The molecule has 1 saturated heterocycles. The second-order valence-electron chi connectivity index (χ2n) is 5.00. The van der Waals surface area contributed by atoms with Crippen molar-refractivity contribution in [3.63, 3.8) is 0 Å². The molecule has 0 aliphatic carbocycles. The van der Waals surface area contributed by atoms with Gasteiger partial charge in [-0.1, -0.05) is 13.8 Å². The number of hydrogen-bond donors (Lipinski definition) is 0. The number of methoxy groups -OCH3 is 1. The van der Waals surface area contributed by atoms with Gasteiger partial charge in [0, 0.05) is 19.2 Å². The molecule has 2 heterocycles. The lowest BCUT2D eigenvalue weighted by atomic mass is 9.87. The highest BCUT2D eigenvalue weighted by Gasteiger charge is 2.22. The fourth-order valence-corrected chi connectivity index (χ4v) is 2.39. The maximum atomic E-state index is 5.01. The standard InChI is InChI=1S/C13H21N3O/c1-10(2)11-6-8-16(9-7-11)12-4-5-13(17-3)15-14-12/h4-5,10-11H,6-9H2,1-3H3. The van der Waals surface area contributed by atoms with E-state index in [4.69, 9.17) is 4.74 Å². The van der Waals surface area contributed by atoms with E-state index in [0.717, 1.165) is 30.7 Å². The molecule has 4 heteroatoms. The van der Waals surface area contributed by atoms with E-state index in [9.17, 15) is 0 Å². The number of ether oxygens (including phenoxy) is 1. The first-order chi connectivity index (χ1) is 8.20. The van der Waals surface area contributed by atoms with Crippen molar-refractivity contribution >= 4 is 5.82 Å². The molecule has 1 fully saturated rings. The summed E-state index contributed by atoms with van der Waals surface area (Å²) in [5.74, 6) is 3.19. The van der Waals surface area contributed by atoms with Crippen LogP contribution in [-0.2, 0) is 0 Å². The summed E-state index contributed by atoms with van der Waals surface area (Å²) in [6.45, 7) is 6.80. The van der Waals surface area contributed by atoms with Crippen LogP contribution in [0.5, 0.6) is 5.88 Å². The van der Waals surface area contributed by atoms with Crippen molar-refractivity contribution in [3.05, 3.63) is 12.1 Å². The van der Waals surface area contributed by atoms with Gasteiger partial charge < -0.3 is 9.64 Å². The van der Waals surface area contributed by atoms with Crippen LogP contribution in [0.4, 0.5) is 5.82 Å². The van der Waals surface area contributed by atoms with Gasteiger partial charge >= 0.3 is 0 Å². The fraction of sp³-hybridized carbons (Fsp3) is 0.692. The zero-order chi connectivity index (χ0) is 12.3. The second kappa shape index (κ2) is 5.34. The summed E-state index contributed by atoms with van der Waals surface area (Å²) in [6.07, 6.45) is 2.51. The van der Waals surface area contributed by atoms with Crippen molar-refractivity contribution in [2.75, 3.05) is 25.1 Å². The predicted molar refractivity (Wildman–Crippen MR) is 68.4 cm³/mol. The average molecular weight is 235 g/mol. The van der Waals surface area contributed by atoms with Gasteiger partial charge in [0.25, 0.3) is 0 Å². The normalized spacial score (nSPS) is 17.5. The van der Waals surface area contributed by atoms with Gasteiger partial charge in [-0.25, -0.2) is 0 Å². The molecule has 1 aliphatic heterocycles. The average Bonchev–Trinajstić information content (AvgIpc) is 2.39. The van der Waals surface area contributed by atoms with Crippen LogP contribution in [-0.4, -0.2) is 30.4 Å². The number of piperidine rings is 1. The molecule has 0 amide bonds. The van der Waals surface area contributed by atoms with E-state index >= 15 is 0 Å². The zero-order valence-corrected chi connectivity index (χ0v) is 10.9. The Morgan fingerprint density at radius 1 is 1.24 bits per heavy atom. The van der Waals surface area contributed by atoms with E-state index in [1.54, 1.807) is 7.11 Å². The smallest absolute Gasteiger partial charge is 0.233 e. The summed E-state index contributed by atoms with van der Waals surface area (Å²) in [6, 6.07) is 3.86. The van der Waals surface area contributed by atoms with Crippen molar-refractivity contribution in [2.24, 2.45) is 11.8 Å². The largest absolute Gasteiger partial charge is 0.480 e. The van der Waals surface area contributed by atoms with Crippen molar-refractivity contribution in [1.29, 1.82) is 0 Å². The van der Waals surface area contributed by atoms with Crippen LogP contribution >= 0.6 is 0 Å². The van der Waals surface area contributed by atoms with Gasteiger partial charge in [0.1, 0.15) is 0 Å². The first kappa shape index (κ1) is 12.1. The third-order valence-electron chi connectivity index (χ3n) is 3.64. The van der Waals surface area contributed by atoms with Crippen LogP contribution in [0.1, 0.15) is 26.7 Å². The molecule has 2 rings (SSSR count). The monoisotopic (exact) mass is 235 g/mol. The molecular weight excluding hydrogens is 214 g/mol. The lowest BCUT2D eigenvalue weighted by molar-refractivity contribution is 0.310. The fourth-order valence-electron chi connectivity index (χ4n) is 2.39. The molecule has 1 aromatic rings. The van der Waals surface area contributed by atoms with E-state index in [1.807, 2.05) is 12.1 Å². The second-order valence-corrected chi connectivity index (χ2v) is 5.00. The SMILES string of the molecule is COc1ccc(N2CCC(C(C)C)CC2)nn1. The van der Waals surface area contributed by atoms with E-state index in [0.29, 0.717) is 5.88 Å². The van der Waals surface area contributed by atoms with Crippen LogP contribution in [0, 0.1) is 11.8 Å². The maximum Gasteiger partial charge on any atom is 0.233 e. The topological polar surface area (TPSA) is 38.2 Å². The highest BCUT2D eigenvalue weighted by atomic mass is 16.5. The van der Waals surface area contributed by atoms with Crippen LogP contribution in [0.15, 0.2) is 12.1 Å². The van der Waals surface area contributed by atoms with E-state index in [1.165, 1.54) is 12.8 Å². The highest BCUT2D eigenvalue weighted by Crippen LogP contribution is 2.26. The Labute approximate surface area is 103 Å². The Morgan fingerprint density at radius 2 is 1.94 bits per heavy atom. The van der Waals surface area contributed by atoms with Crippen LogP contribution in [0.25, 0.3) is 0 Å². The lowest BCUT2D eigenvalue weighted by Crippen LogP contribution is -2.35. The number of nitrogens with zero attached hydrogens (tertiary/aromatic N) is 3. The van der Waals surface area contributed by atoms with Crippen LogP contribution in [0.3, 0.4) is 0 Å². The summed E-state index contributed by atoms with van der Waals surface area (Å²) in [5, 5.41) is 8.21. The van der Waals surface area contributed by atoms with Gasteiger partial charge in [-0.2, -0.15) is 0 Å². The molecule has 0 atom stereocenters. The summed E-state index contributed by atoms with van der Waals surface area (Å²) >= 11 is 0. The van der Waals surface area contributed by atoms with E-state index in [2.05, 4.69) is 28.9 Å². The molecule has 94 valence electrons. The van der Waals surface area contributed by atoms with Gasteiger partial charge in [0.2, 0.25) is 5.88 Å². The predicted octanol–water partition coefficient (Wildman–Crippen LogP) is 2.36. The summed E-state index contributed by atoms with van der Waals surface area (Å²) < 4.78 is 5.01. The Balaban J connectivity index is 1.95. The van der Waals surface area contributed by atoms with E-state index < -0.39 is 0 Å². The van der Waals surface area contributed by atoms with Gasteiger partial charge in [0.05, 0.1) is 7.11 Å². The molecule has 0 unspecified atom stereocenters. The molecule has 4 nitrogen and oxygen atoms in total. The molecule has 0 radical (unpaired) electrons. The summed E-state index contributed by atoms with van der Waals surface area (Å²) in [5.41, 5.74) is 0. The maximum absolute atomic E-state index is 5.01. The minimum atomic E-state index is 0.575. The Morgan fingerprint density at radius 3 is 2.41 bits per heavy atom. The first-order valence-electron chi connectivity index (χ1n) is 6.33. The van der Waals surface area contributed by atoms with Gasteiger partial charge in [-0.3, -0.25) is 0 Å². The summed E-state index contributed by atoms with van der Waals surface area (Å²) in [7, 11) is 1.61. The third kappa shape index (κ3) is 2.87. The molecule has 1 aliphatic rings. The van der Waals surface area contributed by atoms with Crippen molar-refractivity contribution in [1.82, 2.24) is 10.2 Å². The highest BCUT2D eigenvalue weighted by molar-refractivity contribution is 5.38. The number of rotatable bonds is 3. The third-order valence-corrected chi connectivity index (χ3v) is 3.64. The van der Waals surface area contributed by atoms with Crippen LogP contribution in [0.2, 0.25) is 0 Å².